The summed E-state index contributed by atoms with van der Waals surface area (Å²) < 4.78 is 11.2. The molecule has 0 radical (unpaired) electrons. The molecule has 1 aromatic rings. The minimum Gasteiger partial charge on any atom is -0.383 e. The second-order valence-electron chi connectivity index (χ2n) is 6.30. The Morgan fingerprint density at radius 3 is 3.14 bits per heavy atom. The summed E-state index contributed by atoms with van der Waals surface area (Å²) in [4.78, 5) is 9.59. The van der Waals surface area contributed by atoms with E-state index in [1.807, 2.05) is 12.3 Å². The first-order valence-corrected chi connectivity index (χ1v) is 8.25. The first-order valence-electron chi connectivity index (χ1n) is 8.25. The summed E-state index contributed by atoms with van der Waals surface area (Å²) in [7, 11) is 1.77. The molecule has 2 aliphatic rings. The molecule has 0 N–H and O–H groups in total. The van der Waals surface area contributed by atoms with E-state index < -0.39 is 0 Å². The highest BCUT2D eigenvalue weighted by atomic mass is 16.5. The molecule has 3 heterocycles. The van der Waals surface area contributed by atoms with Gasteiger partial charge in [-0.25, -0.2) is 0 Å². The molecule has 2 fully saturated rings. The minimum absolute atomic E-state index is 0.381. The van der Waals surface area contributed by atoms with Gasteiger partial charge < -0.3 is 9.47 Å². The van der Waals surface area contributed by atoms with Gasteiger partial charge in [0.15, 0.2) is 0 Å². The van der Waals surface area contributed by atoms with Gasteiger partial charge in [0.05, 0.1) is 25.0 Å². The van der Waals surface area contributed by atoms with Crippen molar-refractivity contribution in [3.05, 3.63) is 29.6 Å². The van der Waals surface area contributed by atoms with Crippen molar-refractivity contribution in [3.8, 4) is 0 Å². The van der Waals surface area contributed by atoms with Crippen LogP contribution in [0.2, 0.25) is 0 Å². The van der Waals surface area contributed by atoms with Crippen LogP contribution in [-0.2, 0) is 16.0 Å². The van der Waals surface area contributed by atoms with Crippen LogP contribution in [0.3, 0.4) is 0 Å². The number of morpholine rings is 1. The molecule has 122 valence electrons. The van der Waals surface area contributed by atoms with Crippen molar-refractivity contribution < 1.29 is 9.47 Å². The maximum Gasteiger partial charge on any atom is 0.0755 e. The first kappa shape index (κ1) is 15.9. The Morgan fingerprint density at radius 1 is 1.41 bits per heavy atom. The van der Waals surface area contributed by atoms with Gasteiger partial charge in [0.1, 0.15) is 0 Å². The zero-order valence-corrected chi connectivity index (χ0v) is 13.7. The van der Waals surface area contributed by atoms with Crippen LogP contribution in [0.4, 0.5) is 0 Å². The number of piperidine rings is 1. The quantitative estimate of drug-likeness (QED) is 0.820. The van der Waals surface area contributed by atoms with Crippen LogP contribution in [0.25, 0.3) is 0 Å². The summed E-state index contributed by atoms with van der Waals surface area (Å²) in [6.45, 7) is 8.89. The molecule has 2 saturated heterocycles. The molecule has 0 unspecified atom stereocenters. The van der Waals surface area contributed by atoms with E-state index >= 15 is 0 Å². The number of aryl methyl sites for hydroxylation is 1. The first-order chi connectivity index (χ1) is 10.8. The lowest BCUT2D eigenvalue weighted by Gasteiger charge is -2.47. The van der Waals surface area contributed by atoms with Gasteiger partial charge in [-0.2, -0.15) is 0 Å². The number of nitrogens with zero attached hydrogens (tertiary/aromatic N) is 3. The van der Waals surface area contributed by atoms with Crippen molar-refractivity contribution in [3.63, 3.8) is 0 Å². The molecule has 0 amide bonds. The molecule has 5 nitrogen and oxygen atoms in total. The molecule has 5 heteroatoms. The summed E-state index contributed by atoms with van der Waals surface area (Å²) in [5.41, 5.74) is 2.47. The third-order valence-corrected chi connectivity index (χ3v) is 4.86. The molecule has 3 rings (SSSR count). The Bertz CT molecular complexity index is 483. The smallest absolute Gasteiger partial charge is 0.0755 e. The van der Waals surface area contributed by atoms with E-state index in [-0.39, 0.29) is 0 Å². The largest absolute Gasteiger partial charge is 0.383 e. The Hall–Kier alpha value is -1.01. The van der Waals surface area contributed by atoms with E-state index in [0.29, 0.717) is 12.1 Å². The highest BCUT2D eigenvalue weighted by Gasteiger charge is 2.36. The van der Waals surface area contributed by atoms with Crippen LogP contribution < -0.4 is 0 Å². The molecule has 0 aromatic carbocycles. The maximum atomic E-state index is 5.99. The molecule has 1 aromatic heterocycles. The average molecular weight is 305 g/mol. The van der Waals surface area contributed by atoms with Crippen LogP contribution in [-0.4, -0.2) is 73.4 Å². The highest BCUT2D eigenvalue weighted by molar-refractivity contribution is 5.17. The number of methoxy groups -OCH3 is 1. The standard InChI is InChI=1S/C17H27N3O2/c1-14-4-3-6-18-15(14)12-19-7-5-17-16(13-19)20(8-10-21-2)9-11-22-17/h3-4,6,16-17H,5,7-13H2,1-2H3/t16-,17-/m0/s1. The molecular formula is C17H27N3O2. The Labute approximate surface area is 133 Å². The van der Waals surface area contributed by atoms with Crippen LogP contribution in [0.15, 0.2) is 18.3 Å². The lowest BCUT2D eigenvalue weighted by molar-refractivity contribution is -0.107. The van der Waals surface area contributed by atoms with E-state index in [1.54, 1.807) is 7.11 Å². The summed E-state index contributed by atoms with van der Waals surface area (Å²) in [5, 5.41) is 0. The highest BCUT2D eigenvalue weighted by Crippen LogP contribution is 2.24. The topological polar surface area (TPSA) is 37.8 Å². The van der Waals surface area contributed by atoms with Crippen molar-refractivity contribution >= 4 is 0 Å². The van der Waals surface area contributed by atoms with Gasteiger partial charge in [-0.05, 0) is 25.0 Å². The van der Waals surface area contributed by atoms with Crippen LogP contribution >= 0.6 is 0 Å². The van der Waals surface area contributed by atoms with Crippen LogP contribution in [0.1, 0.15) is 17.7 Å². The Kier molecular flexibility index (Phi) is 5.41. The van der Waals surface area contributed by atoms with Gasteiger partial charge in [-0.3, -0.25) is 14.8 Å². The van der Waals surface area contributed by atoms with Crippen molar-refractivity contribution in [2.45, 2.75) is 32.0 Å². The van der Waals surface area contributed by atoms with E-state index in [4.69, 9.17) is 9.47 Å². The molecule has 2 atom stereocenters. The zero-order chi connectivity index (χ0) is 15.4. The summed E-state index contributed by atoms with van der Waals surface area (Å²) in [5.74, 6) is 0. The van der Waals surface area contributed by atoms with Gasteiger partial charge in [0, 0.05) is 52.1 Å². The molecule has 22 heavy (non-hydrogen) atoms. The second-order valence-corrected chi connectivity index (χ2v) is 6.30. The van der Waals surface area contributed by atoms with Gasteiger partial charge in [0.2, 0.25) is 0 Å². The van der Waals surface area contributed by atoms with Gasteiger partial charge in [-0.1, -0.05) is 6.07 Å². The SMILES string of the molecule is COCCN1CCO[C@H]2CCN(Cc3ncccc3C)C[C@@H]21. The van der Waals surface area contributed by atoms with Gasteiger partial charge in [-0.15, -0.1) is 0 Å². The molecule has 0 aliphatic carbocycles. The summed E-state index contributed by atoms with van der Waals surface area (Å²) in [6.07, 6.45) is 3.38. The number of hydrogen-bond donors (Lipinski definition) is 0. The predicted molar refractivity (Wildman–Crippen MR) is 85.8 cm³/mol. The second kappa shape index (κ2) is 7.51. The molecular weight excluding hydrogens is 278 g/mol. The normalized spacial score (nSPS) is 26.8. The molecule has 0 spiro atoms. The summed E-state index contributed by atoms with van der Waals surface area (Å²) >= 11 is 0. The van der Waals surface area contributed by atoms with E-state index in [2.05, 4.69) is 27.8 Å². The number of pyridine rings is 1. The Balaban J connectivity index is 1.63. The van der Waals surface area contributed by atoms with E-state index in [1.165, 1.54) is 11.3 Å². The number of likely N-dealkylation sites (tertiary alicyclic amines) is 1. The fourth-order valence-electron chi connectivity index (χ4n) is 3.53. The lowest BCUT2D eigenvalue weighted by Crippen LogP contribution is -2.60. The molecule has 0 bridgehead atoms. The fraction of sp³-hybridized carbons (Fsp3) is 0.706. The van der Waals surface area contributed by atoms with E-state index in [9.17, 15) is 0 Å². The zero-order valence-electron chi connectivity index (χ0n) is 13.7. The number of ether oxygens (including phenoxy) is 2. The lowest BCUT2D eigenvalue weighted by atomic mass is 9.98. The summed E-state index contributed by atoms with van der Waals surface area (Å²) in [6, 6.07) is 4.64. The third kappa shape index (κ3) is 3.66. The number of aromatic nitrogens is 1. The third-order valence-electron chi connectivity index (χ3n) is 4.86. The van der Waals surface area contributed by atoms with Crippen molar-refractivity contribution in [2.24, 2.45) is 0 Å². The van der Waals surface area contributed by atoms with E-state index in [0.717, 1.165) is 52.4 Å². The number of fused-ring (bicyclic) bond motifs is 1. The van der Waals surface area contributed by atoms with Gasteiger partial charge >= 0.3 is 0 Å². The number of rotatable bonds is 5. The van der Waals surface area contributed by atoms with Crippen molar-refractivity contribution in [1.29, 1.82) is 0 Å². The predicted octanol–water partition coefficient (Wildman–Crippen LogP) is 1.31. The number of hydrogen-bond acceptors (Lipinski definition) is 5. The van der Waals surface area contributed by atoms with Crippen molar-refractivity contribution in [1.82, 2.24) is 14.8 Å². The van der Waals surface area contributed by atoms with Crippen molar-refractivity contribution in [2.75, 3.05) is 46.5 Å². The molecule has 0 saturated carbocycles. The van der Waals surface area contributed by atoms with Gasteiger partial charge in [0.25, 0.3) is 0 Å². The average Bonchev–Trinajstić information content (AvgIpc) is 2.55. The maximum absolute atomic E-state index is 5.99. The minimum atomic E-state index is 0.381. The van der Waals surface area contributed by atoms with Crippen LogP contribution in [0, 0.1) is 6.92 Å². The molecule has 2 aliphatic heterocycles. The Morgan fingerprint density at radius 2 is 2.32 bits per heavy atom. The fourth-order valence-corrected chi connectivity index (χ4v) is 3.53. The van der Waals surface area contributed by atoms with Crippen LogP contribution in [0.5, 0.6) is 0 Å². The monoisotopic (exact) mass is 305 g/mol.